The number of pyridine rings is 2. The van der Waals surface area contributed by atoms with Crippen LogP contribution in [0, 0.1) is 0 Å². The van der Waals surface area contributed by atoms with Gasteiger partial charge in [0.1, 0.15) is 5.82 Å². The SMILES string of the molecule is O=C1CCCN1c1cccc(Nc2cccc(-c3cnn4ccccc34)n2)c1. The number of nitrogens with zero attached hydrogens (tertiary/aromatic N) is 4. The maximum atomic E-state index is 12.0. The standard InChI is InChI=1S/C22H19N5O/c28-22-11-5-12-26(22)17-7-3-6-16(14-17)24-21-10-4-8-19(25-21)18-15-23-27-13-2-1-9-20(18)27/h1-4,6-10,13-15H,5,11-12H2,(H,24,25). The van der Waals surface area contributed by atoms with E-state index in [4.69, 9.17) is 4.98 Å². The first-order chi connectivity index (χ1) is 13.8. The third-order valence-electron chi connectivity index (χ3n) is 4.96. The van der Waals surface area contributed by atoms with Gasteiger partial charge in [-0.15, -0.1) is 0 Å². The summed E-state index contributed by atoms with van der Waals surface area (Å²) in [6.07, 6.45) is 5.30. The second-order valence-corrected chi connectivity index (χ2v) is 6.82. The van der Waals surface area contributed by atoms with Crippen molar-refractivity contribution in [2.75, 3.05) is 16.8 Å². The highest BCUT2D eigenvalue weighted by atomic mass is 16.2. The average Bonchev–Trinajstić information content (AvgIpc) is 3.34. The molecule has 0 atom stereocenters. The van der Waals surface area contributed by atoms with E-state index in [9.17, 15) is 4.79 Å². The molecule has 4 heterocycles. The molecule has 0 aliphatic carbocycles. The Morgan fingerprint density at radius 3 is 2.82 bits per heavy atom. The lowest BCUT2D eigenvalue weighted by atomic mass is 10.2. The summed E-state index contributed by atoms with van der Waals surface area (Å²) >= 11 is 0. The van der Waals surface area contributed by atoms with Gasteiger partial charge in [0, 0.05) is 36.1 Å². The molecule has 1 amide bonds. The summed E-state index contributed by atoms with van der Waals surface area (Å²) in [5.74, 6) is 0.933. The van der Waals surface area contributed by atoms with Crippen LogP contribution in [-0.4, -0.2) is 27.0 Å². The number of aromatic nitrogens is 3. The zero-order valence-electron chi connectivity index (χ0n) is 15.2. The summed E-state index contributed by atoms with van der Waals surface area (Å²) < 4.78 is 1.84. The van der Waals surface area contributed by atoms with Crippen molar-refractivity contribution < 1.29 is 4.79 Å². The molecule has 3 aromatic heterocycles. The first-order valence-corrected chi connectivity index (χ1v) is 9.35. The Labute approximate surface area is 162 Å². The van der Waals surface area contributed by atoms with E-state index in [1.54, 1.807) is 0 Å². The van der Waals surface area contributed by atoms with Crippen molar-refractivity contribution >= 4 is 28.6 Å². The number of carbonyl (C=O) groups excluding carboxylic acids is 1. The van der Waals surface area contributed by atoms with Crippen LogP contribution in [0.15, 0.2) is 73.1 Å². The van der Waals surface area contributed by atoms with E-state index < -0.39 is 0 Å². The number of amides is 1. The molecule has 6 heteroatoms. The van der Waals surface area contributed by atoms with Crippen LogP contribution in [0.25, 0.3) is 16.8 Å². The highest BCUT2D eigenvalue weighted by Crippen LogP contribution is 2.27. The molecule has 0 spiro atoms. The van der Waals surface area contributed by atoms with Crippen LogP contribution in [-0.2, 0) is 4.79 Å². The smallest absolute Gasteiger partial charge is 0.227 e. The zero-order valence-corrected chi connectivity index (χ0v) is 15.2. The van der Waals surface area contributed by atoms with Gasteiger partial charge in [0.15, 0.2) is 0 Å². The Balaban J connectivity index is 1.44. The number of benzene rings is 1. The summed E-state index contributed by atoms with van der Waals surface area (Å²) in [5.41, 5.74) is 4.69. The van der Waals surface area contributed by atoms with Gasteiger partial charge in [-0.25, -0.2) is 9.50 Å². The Morgan fingerprint density at radius 1 is 1.00 bits per heavy atom. The fourth-order valence-electron chi connectivity index (χ4n) is 3.61. The molecule has 0 bridgehead atoms. The first kappa shape index (κ1) is 16.5. The summed E-state index contributed by atoms with van der Waals surface area (Å²) in [5, 5.41) is 7.75. The topological polar surface area (TPSA) is 62.5 Å². The molecular formula is C22H19N5O. The molecule has 4 aromatic rings. The fourth-order valence-corrected chi connectivity index (χ4v) is 3.61. The molecule has 0 saturated carbocycles. The quantitative estimate of drug-likeness (QED) is 0.584. The van der Waals surface area contributed by atoms with Crippen LogP contribution in [0.4, 0.5) is 17.2 Å². The number of hydrogen-bond acceptors (Lipinski definition) is 4. The molecule has 1 aromatic carbocycles. The van der Waals surface area contributed by atoms with Gasteiger partial charge in [-0.2, -0.15) is 5.10 Å². The van der Waals surface area contributed by atoms with E-state index in [1.165, 1.54) is 0 Å². The lowest BCUT2D eigenvalue weighted by molar-refractivity contribution is -0.117. The van der Waals surface area contributed by atoms with Gasteiger partial charge in [-0.3, -0.25) is 4.79 Å². The lowest BCUT2D eigenvalue weighted by Crippen LogP contribution is -2.23. The monoisotopic (exact) mass is 369 g/mol. The molecule has 5 rings (SSSR count). The van der Waals surface area contributed by atoms with Crippen molar-refractivity contribution in [3.8, 4) is 11.3 Å². The van der Waals surface area contributed by atoms with E-state index in [0.29, 0.717) is 6.42 Å². The van der Waals surface area contributed by atoms with Crippen molar-refractivity contribution in [1.82, 2.24) is 14.6 Å². The van der Waals surface area contributed by atoms with Crippen molar-refractivity contribution in [2.45, 2.75) is 12.8 Å². The lowest BCUT2D eigenvalue weighted by Gasteiger charge is -2.17. The third kappa shape index (κ3) is 2.99. The maximum absolute atomic E-state index is 12.0. The molecule has 1 aliphatic rings. The Bertz CT molecular complexity index is 1170. The van der Waals surface area contributed by atoms with Crippen LogP contribution in [0.5, 0.6) is 0 Å². The first-order valence-electron chi connectivity index (χ1n) is 9.35. The molecule has 28 heavy (non-hydrogen) atoms. The van der Waals surface area contributed by atoms with Gasteiger partial charge >= 0.3 is 0 Å². The minimum Gasteiger partial charge on any atom is -0.340 e. The maximum Gasteiger partial charge on any atom is 0.227 e. The van der Waals surface area contributed by atoms with Crippen LogP contribution in [0.1, 0.15) is 12.8 Å². The van der Waals surface area contributed by atoms with Crippen molar-refractivity contribution in [2.24, 2.45) is 0 Å². The molecule has 0 radical (unpaired) electrons. The van der Waals surface area contributed by atoms with Gasteiger partial charge < -0.3 is 10.2 Å². The predicted octanol–water partition coefficient (Wildman–Crippen LogP) is 4.27. The van der Waals surface area contributed by atoms with E-state index in [1.807, 2.05) is 82.5 Å². The van der Waals surface area contributed by atoms with E-state index in [-0.39, 0.29) is 5.91 Å². The van der Waals surface area contributed by atoms with Crippen LogP contribution in [0.2, 0.25) is 0 Å². The summed E-state index contributed by atoms with van der Waals surface area (Å²) in [7, 11) is 0. The summed E-state index contributed by atoms with van der Waals surface area (Å²) in [6, 6.07) is 19.8. The Kier molecular flexibility index (Phi) is 4.01. The number of rotatable bonds is 4. The fraction of sp³-hybridized carbons (Fsp3) is 0.136. The van der Waals surface area contributed by atoms with E-state index in [0.717, 1.165) is 46.9 Å². The Hall–Kier alpha value is -3.67. The second kappa shape index (κ2) is 6.81. The normalized spacial score (nSPS) is 14.0. The van der Waals surface area contributed by atoms with Gasteiger partial charge in [0.25, 0.3) is 0 Å². The van der Waals surface area contributed by atoms with Gasteiger partial charge in [-0.1, -0.05) is 18.2 Å². The average molecular weight is 369 g/mol. The van der Waals surface area contributed by atoms with Crippen molar-refractivity contribution in [3.05, 3.63) is 73.1 Å². The number of fused-ring (bicyclic) bond motifs is 1. The predicted molar refractivity (Wildman–Crippen MR) is 110 cm³/mol. The number of anilines is 3. The zero-order chi connectivity index (χ0) is 18.9. The Morgan fingerprint density at radius 2 is 1.93 bits per heavy atom. The van der Waals surface area contributed by atoms with Gasteiger partial charge in [-0.05, 0) is 48.9 Å². The summed E-state index contributed by atoms with van der Waals surface area (Å²) in [6.45, 7) is 0.782. The molecule has 1 N–H and O–H groups in total. The number of nitrogens with one attached hydrogen (secondary N) is 1. The third-order valence-corrected chi connectivity index (χ3v) is 4.96. The van der Waals surface area contributed by atoms with Gasteiger partial charge in [0.2, 0.25) is 5.91 Å². The highest BCUT2D eigenvalue weighted by molar-refractivity contribution is 5.95. The molecule has 6 nitrogen and oxygen atoms in total. The second-order valence-electron chi connectivity index (χ2n) is 6.82. The molecule has 1 aliphatic heterocycles. The van der Waals surface area contributed by atoms with Crippen molar-refractivity contribution in [1.29, 1.82) is 0 Å². The molecule has 1 saturated heterocycles. The van der Waals surface area contributed by atoms with Crippen LogP contribution < -0.4 is 10.2 Å². The molecule has 138 valence electrons. The van der Waals surface area contributed by atoms with Gasteiger partial charge in [0.05, 0.1) is 17.4 Å². The van der Waals surface area contributed by atoms with Crippen molar-refractivity contribution in [3.63, 3.8) is 0 Å². The molecule has 0 unspecified atom stereocenters. The highest BCUT2D eigenvalue weighted by Gasteiger charge is 2.21. The molecule has 1 fully saturated rings. The van der Waals surface area contributed by atoms with Crippen LogP contribution in [0.3, 0.4) is 0 Å². The number of hydrogen-bond donors (Lipinski definition) is 1. The van der Waals surface area contributed by atoms with E-state index >= 15 is 0 Å². The summed E-state index contributed by atoms with van der Waals surface area (Å²) in [4.78, 5) is 18.6. The van der Waals surface area contributed by atoms with Crippen LogP contribution >= 0.6 is 0 Å². The van der Waals surface area contributed by atoms with E-state index in [2.05, 4.69) is 10.4 Å². The molecular weight excluding hydrogens is 350 g/mol. The number of carbonyl (C=O) groups is 1. The minimum absolute atomic E-state index is 0.186. The largest absolute Gasteiger partial charge is 0.340 e. The minimum atomic E-state index is 0.186.